The summed E-state index contributed by atoms with van der Waals surface area (Å²) in [5, 5.41) is 0. The van der Waals surface area contributed by atoms with Gasteiger partial charge in [-0.3, -0.25) is 4.98 Å². The molecule has 0 amide bonds. The SMILES string of the molecule is COc1c(F)cncc1-c1ccc(C(F)(F)F)cc1. The van der Waals surface area contributed by atoms with E-state index in [1.54, 1.807) is 0 Å². The van der Waals surface area contributed by atoms with E-state index in [9.17, 15) is 17.6 Å². The minimum atomic E-state index is -4.40. The summed E-state index contributed by atoms with van der Waals surface area (Å²) in [6.45, 7) is 0. The first-order valence-electron chi connectivity index (χ1n) is 5.28. The zero-order chi connectivity index (χ0) is 14.0. The van der Waals surface area contributed by atoms with Crippen LogP contribution in [0.4, 0.5) is 17.6 Å². The smallest absolute Gasteiger partial charge is 0.416 e. The number of pyridine rings is 1. The molecule has 0 fully saturated rings. The monoisotopic (exact) mass is 271 g/mol. The second-order valence-corrected chi connectivity index (χ2v) is 3.78. The second-order valence-electron chi connectivity index (χ2n) is 3.78. The second kappa shape index (κ2) is 4.87. The van der Waals surface area contributed by atoms with Crippen LogP contribution in [-0.4, -0.2) is 12.1 Å². The molecule has 0 atom stereocenters. The first kappa shape index (κ1) is 13.3. The molecule has 6 heteroatoms. The summed E-state index contributed by atoms with van der Waals surface area (Å²) in [4.78, 5) is 3.66. The maximum atomic E-state index is 13.4. The molecular weight excluding hydrogens is 262 g/mol. The number of nitrogens with zero attached hydrogens (tertiary/aromatic N) is 1. The Labute approximate surface area is 106 Å². The van der Waals surface area contributed by atoms with E-state index in [2.05, 4.69) is 4.98 Å². The Morgan fingerprint density at radius 1 is 1.05 bits per heavy atom. The number of halogens is 4. The maximum absolute atomic E-state index is 13.4. The van der Waals surface area contributed by atoms with Crippen molar-refractivity contribution in [2.75, 3.05) is 7.11 Å². The topological polar surface area (TPSA) is 22.1 Å². The number of hydrogen-bond donors (Lipinski definition) is 0. The molecule has 1 aromatic carbocycles. The van der Waals surface area contributed by atoms with Crippen molar-refractivity contribution in [1.82, 2.24) is 4.98 Å². The molecular formula is C13H9F4NO. The Morgan fingerprint density at radius 2 is 1.68 bits per heavy atom. The van der Waals surface area contributed by atoms with Crippen molar-refractivity contribution in [3.8, 4) is 16.9 Å². The summed E-state index contributed by atoms with van der Waals surface area (Å²) >= 11 is 0. The zero-order valence-electron chi connectivity index (χ0n) is 9.83. The Hall–Kier alpha value is -2.11. The van der Waals surface area contributed by atoms with Crippen molar-refractivity contribution in [1.29, 1.82) is 0 Å². The van der Waals surface area contributed by atoms with Crippen LogP contribution in [0.5, 0.6) is 5.75 Å². The molecule has 19 heavy (non-hydrogen) atoms. The molecule has 0 unspecified atom stereocenters. The molecule has 0 aliphatic rings. The summed E-state index contributed by atoms with van der Waals surface area (Å²) in [6, 6.07) is 4.36. The zero-order valence-corrected chi connectivity index (χ0v) is 9.83. The first-order valence-corrected chi connectivity index (χ1v) is 5.28. The Morgan fingerprint density at radius 3 is 2.21 bits per heavy atom. The van der Waals surface area contributed by atoms with E-state index in [1.807, 2.05) is 0 Å². The average molecular weight is 271 g/mol. The van der Waals surface area contributed by atoms with Crippen molar-refractivity contribution in [2.45, 2.75) is 6.18 Å². The van der Waals surface area contributed by atoms with Gasteiger partial charge in [0.1, 0.15) is 0 Å². The van der Waals surface area contributed by atoms with Crippen LogP contribution in [0.2, 0.25) is 0 Å². The fourth-order valence-corrected chi connectivity index (χ4v) is 1.68. The number of hydrogen-bond acceptors (Lipinski definition) is 2. The van der Waals surface area contributed by atoms with Gasteiger partial charge < -0.3 is 4.74 Å². The molecule has 2 nitrogen and oxygen atoms in total. The summed E-state index contributed by atoms with van der Waals surface area (Å²) in [5.41, 5.74) is -0.0624. The fraction of sp³-hybridized carbons (Fsp3) is 0.154. The van der Waals surface area contributed by atoms with Gasteiger partial charge in [0, 0.05) is 11.8 Å². The first-order chi connectivity index (χ1) is 8.93. The fourth-order valence-electron chi connectivity index (χ4n) is 1.68. The van der Waals surface area contributed by atoms with Gasteiger partial charge in [0.25, 0.3) is 0 Å². The van der Waals surface area contributed by atoms with Gasteiger partial charge in [-0.15, -0.1) is 0 Å². The summed E-state index contributed by atoms with van der Waals surface area (Å²) < 4.78 is 55.6. The van der Waals surface area contributed by atoms with E-state index in [1.165, 1.54) is 25.4 Å². The average Bonchev–Trinajstić information content (AvgIpc) is 2.37. The summed E-state index contributed by atoms with van der Waals surface area (Å²) in [5.74, 6) is -0.713. The van der Waals surface area contributed by atoms with E-state index in [0.717, 1.165) is 18.3 Å². The highest BCUT2D eigenvalue weighted by atomic mass is 19.4. The van der Waals surface area contributed by atoms with Crippen LogP contribution >= 0.6 is 0 Å². The van der Waals surface area contributed by atoms with Crippen molar-refractivity contribution in [2.24, 2.45) is 0 Å². The molecule has 100 valence electrons. The van der Waals surface area contributed by atoms with E-state index in [0.29, 0.717) is 11.1 Å². The molecule has 0 spiro atoms. The van der Waals surface area contributed by atoms with Gasteiger partial charge in [-0.1, -0.05) is 12.1 Å². The van der Waals surface area contributed by atoms with Gasteiger partial charge in [0.05, 0.1) is 18.9 Å². The minimum Gasteiger partial charge on any atom is -0.493 e. The lowest BCUT2D eigenvalue weighted by Gasteiger charge is -2.10. The van der Waals surface area contributed by atoms with Crippen molar-refractivity contribution < 1.29 is 22.3 Å². The normalized spacial score (nSPS) is 11.4. The van der Waals surface area contributed by atoms with Crippen molar-refractivity contribution in [3.05, 3.63) is 48.0 Å². The molecule has 0 saturated carbocycles. The van der Waals surface area contributed by atoms with Crippen LogP contribution < -0.4 is 4.74 Å². The standard InChI is InChI=1S/C13H9F4NO/c1-19-12-10(6-18-7-11(12)14)8-2-4-9(5-3-8)13(15,16)17/h2-7H,1H3. The molecule has 0 saturated heterocycles. The van der Waals surface area contributed by atoms with Gasteiger partial charge in [0.2, 0.25) is 0 Å². The highest BCUT2D eigenvalue weighted by Gasteiger charge is 2.30. The van der Waals surface area contributed by atoms with Gasteiger partial charge in [-0.25, -0.2) is 4.39 Å². The Kier molecular flexibility index (Phi) is 3.42. The van der Waals surface area contributed by atoms with Gasteiger partial charge in [-0.05, 0) is 17.7 Å². The number of benzene rings is 1. The van der Waals surface area contributed by atoms with Crippen molar-refractivity contribution >= 4 is 0 Å². The molecule has 2 rings (SSSR count). The number of rotatable bonds is 2. The molecule has 0 aliphatic heterocycles. The third kappa shape index (κ3) is 2.67. The Bertz CT molecular complexity index is 578. The third-order valence-corrected chi connectivity index (χ3v) is 2.58. The molecule has 0 radical (unpaired) electrons. The summed E-state index contributed by atoms with van der Waals surface area (Å²) in [6.07, 6.45) is -2.08. The van der Waals surface area contributed by atoms with Gasteiger partial charge >= 0.3 is 6.18 Å². The molecule has 2 aromatic rings. The molecule has 0 N–H and O–H groups in total. The van der Waals surface area contributed by atoms with Gasteiger partial charge in [-0.2, -0.15) is 13.2 Å². The van der Waals surface area contributed by atoms with E-state index >= 15 is 0 Å². The molecule has 0 bridgehead atoms. The van der Waals surface area contributed by atoms with Crippen molar-refractivity contribution in [3.63, 3.8) is 0 Å². The third-order valence-electron chi connectivity index (χ3n) is 2.58. The van der Waals surface area contributed by atoms with Crippen LogP contribution in [0, 0.1) is 5.82 Å². The largest absolute Gasteiger partial charge is 0.493 e. The van der Waals surface area contributed by atoms with Crippen LogP contribution in [0.1, 0.15) is 5.56 Å². The van der Waals surface area contributed by atoms with Gasteiger partial charge in [0.15, 0.2) is 11.6 Å². The highest BCUT2D eigenvalue weighted by Crippen LogP contribution is 2.34. The predicted octanol–water partition coefficient (Wildman–Crippen LogP) is 3.92. The van der Waals surface area contributed by atoms with Crippen LogP contribution in [-0.2, 0) is 6.18 Å². The lowest BCUT2D eigenvalue weighted by Crippen LogP contribution is -2.04. The molecule has 0 aliphatic carbocycles. The number of ether oxygens (including phenoxy) is 1. The van der Waals surface area contributed by atoms with E-state index in [4.69, 9.17) is 4.74 Å². The lowest BCUT2D eigenvalue weighted by atomic mass is 10.0. The predicted molar refractivity (Wildman–Crippen MR) is 61.2 cm³/mol. The summed E-state index contributed by atoms with van der Waals surface area (Å²) in [7, 11) is 1.28. The maximum Gasteiger partial charge on any atom is 0.416 e. The van der Waals surface area contributed by atoms with Crippen LogP contribution in [0.15, 0.2) is 36.7 Å². The quantitative estimate of drug-likeness (QED) is 0.772. The molecule has 1 heterocycles. The van der Waals surface area contributed by atoms with Crippen LogP contribution in [0.25, 0.3) is 11.1 Å². The number of methoxy groups -OCH3 is 1. The minimum absolute atomic E-state index is 0.0465. The number of alkyl halides is 3. The Balaban J connectivity index is 2.46. The molecule has 1 aromatic heterocycles. The van der Waals surface area contributed by atoms with Crippen LogP contribution in [0.3, 0.4) is 0 Å². The number of aromatic nitrogens is 1. The highest BCUT2D eigenvalue weighted by molar-refractivity contribution is 5.69. The van der Waals surface area contributed by atoms with E-state index in [-0.39, 0.29) is 5.75 Å². The van der Waals surface area contributed by atoms with E-state index < -0.39 is 17.6 Å². The lowest BCUT2D eigenvalue weighted by molar-refractivity contribution is -0.137.